The number of hydrogen-bond acceptors (Lipinski definition) is 3. The fourth-order valence-electron chi connectivity index (χ4n) is 2.72. The average Bonchev–Trinajstić information content (AvgIpc) is 2.74. The van der Waals surface area contributed by atoms with Crippen LogP contribution in [-0.4, -0.2) is 12.6 Å². The van der Waals surface area contributed by atoms with E-state index in [0.29, 0.717) is 23.7 Å². The lowest BCUT2D eigenvalue weighted by molar-refractivity contribution is 0.0734. The average molecular weight is 370 g/mol. The van der Waals surface area contributed by atoms with Gasteiger partial charge < -0.3 is 9.47 Å². The van der Waals surface area contributed by atoms with Crippen molar-refractivity contribution in [2.24, 2.45) is 0 Å². The maximum absolute atomic E-state index is 12.3. The summed E-state index contributed by atoms with van der Waals surface area (Å²) in [7, 11) is 0. The molecule has 3 heteroatoms. The molecule has 0 radical (unpaired) electrons. The normalized spacial score (nSPS) is 10.1. The van der Waals surface area contributed by atoms with E-state index in [-0.39, 0.29) is 0 Å². The van der Waals surface area contributed by atoms with Crippen molar-refractivity contribution in [1.29, 1.82) is 0 Å². The maximum Gasteiger partial charge on any atom is 0.343 e. The van der Waals surface area contributed by atoms with Gasteiger partial charge >= 0.3 is 5.97 Å². The molecular weight excluding hydrogens is 348 g/mol. The van der Waals surface area contributed by atoms with E-state index in [1.807, 2.05) is 18.2 Å². The van der Waals surface area contributed by atoms with Crippen LogP contribution in [-0.2, 0) is 6.42 Å². The number of carbonyl (C=O) groups excluding carboxylic acids is 1. The van der Waals surface area contributed by atoms with Gasteiger partial charge in [0, 0.05) is 0 Å². The van der Waals surface area contributed by atoms with Crippen molar-refractivity contribution < 1.29 is 14.3 Å². The van der Waals surface area contributed by atoms with Crippen LogP contribution in [0.2, 0.25) is 0 Å². The molecule has 0 spiro atoms. The minimum absolute atomic E-state index is 0.406. The molecule has 3 aromatic carbocycles. The molecule has 0 bridgehead atoms. The van der Waals surface area contributed by atoms with Crippen molar-refractivity contribution >= 4 is 5.97 Å². The zero-order valence-corrected chi connectivity index (χ0v) is 15.6. The van der Waals surface area contributed by atoms with E-state index < -0.39 is 5.97 Å². The lowest BCUT2D eigenvalue weighted by atomic mass is 10.0. The van der Waals surface area contributed by atoms with Gasteiger partial charge in [0.15, 0.2) is 0 Å². The van der Waals surface area contributed by atoms with Crippen LogP contribution < -0.4 is 9.47 Å². The zero-order chi connectivity index (χ0) is 19.8. The molecule has 0 aliphatic heterocycles. The summed E-state index contributed by atoms with van der Waals surface area (Å²) >= 11 is 0. The van der Waals surface area contributed by atoms with Gasteiger partial charge in [0.1, 0.15) is 18.1 Å². The summed E-state index contributed by atoms with van der Waals surface area (Å²) in [4.78, 5) is 12.3. The Hall–Kier alpha value is -3.59. The second-order valence-electron chi connectivity index (χ2n) is 6.23. The van der Waals surface area contributed by atoms with Gasteiger partial charge in [-0.1, -0.05) is 55.1 Å². The van der Waals surface area contributed by atoms with E-state index in [1.165, 1.54) is 5.56 Å². The van der Waals surface area contributed by atoms with Gasteiger partial charge in [-0.05, 0) is 59.5 Å². The topological polar surface area (TPSA) is 35.5 Å². The Bertz CT molecular complexity index is 937. The summed E-state index contributed by atoms with van der Waals surface area (Å²) in [6.07, 6.45) is 4.41. The van der Waals surface area contributed by atoms with Crippen molar-refractivity contribution in [3.05, 3.63) is 109 Å². The summed E-state index contributed by atoms with van der Waals surface area (Å²) in [5, 5.41) is 0. The summed E-state index contributed by atoms with van der Waals surface area (Å²) in [6, 6.07) is 22.7. The van der Waals surface area contributed by atoms with Crippen LogP contribution in [0.1, 0.15) is 15.9 Å². The van der Waals surface area contributed by atoms with Gasteiger partial charge in [0.05, 0.1) is 5.56 Å². The molecule has 0 unspecified atom stereocenters. The molecule has 28 heavy (non-hydrogen) atoms. The van der Waals surface area contributed by atoms with Crippen molar-refractivity contribution in [2.75, 3.05) is 6.61 Å². The lowest BCUT2D eigenvalue weighted by Crippen LogP contribution is -2.08. The van der Waals surface area contributed by atoms with Crippen LogP contribution in [0.15, 0.2) is 98.1 Å². The highest BCUT2D eigenvalue weighted by atomic mass is 16.5. The van der Waals surface area contributed by atoms with Crippen LogP contribution in [0.5, 0.6) is 11.5 Å². The molecule has 0 saturated heterocycles. The molecule has 0 aromatic heterocycles. The fourth-order valence-corrected chi connectivity index (χ4v) is 2.72. The Morgan fingerprint density at radius 1 is 0.750 bits per heavy atom. The predicted octanol–water partition coefficient (Wildman–Crippen LogP) is 5.87. The summed E-state index contributed by atoms with van der Waals surface area (Å²) in [6.45, 7) is 7.78. The van der Waals surface area contributed by atoms with Crippen LogP contribution in [0.25, 0.3) is 11.1 Å². The number of rotatable bonds is 8. The van der Waals surface area contributed by atoms with Gasteiger partial charge in [0.25, 0.3) is 0 Å². The third kappa shape index (κ3) is 4.98. The summed E-state index contributed by atoms with van der Waals surface area (Å²) in [5.41, 5.74) is 3.87. The highest BCUT2D eigenvalue weighted by Crippen LogP contribution is 2.24. The molecule has 0 amide bonds. The second kappa shape index (κ2) is 9.38. The quantitative estimate of drug-likeness (QED) is 0.283. The molecular formula is C25H22O3. The molecule has 0 aliphatic carbocycles. The number of esters is 1. The van der Waals surface area contributed by atoms with Crippen molar-refractivity contribution in [3.8, 4) is 22.6 Å². The standard InChI is InChI=1S/C25H22O3/c1-3-5-19-6-8-20(9-7-19)21-10-16-24(17-11-21)28-25(26)22-12-14-23(15-13-22)27-18-4-2/h3-4,6-17H,1-2,5,18H2. The third-order valence-electron chi connectivity index (χ3n) is 4.19. The molecule has 0 N–H and O–H groups in total. The van der Waals surface area contributed by atoms with Gasteiger partial charge in [-0.15, -0.1) is 6.58 Å². The lowest BCUT2D eigenvalue weighted by Gasteiger charge is -2.08. The van der Waals surface area contributed by atoms with E-state index in [0.717, 1.165) is 17.5 Å². The minimum atomic E-state index is -0.406. The van der Waals surface area contributed by atoms with Gasteiger partial charge in [-0.3, -0.25) is 0 Å². The number of benzene rings is 3. The smallest absolute Gasteiger partial charge is 0.343 e. The Morgan fingerprint density at radius 2 is 1.32 bits per heavy atom. The molecule has 3 nitrogen and oxygen atoms in total. The molecule has 0 fully saturated rings. The van der Waals surface area contributed by atoms with Gasteiger partial charge in [-0.2, -0.15) is 0 Å². The SMILES string of the molecule is C=CCOc1ccc(C(=O)Oc2ccc(-c3ccc(CC=C)cc3)cc2)cc1. The second-order valence-corrected chi connectivity index (χ2v) is 6.23. The molecule has 0 heterocycles. The minimum Gasteiger partial charge on any atom is -0.490 e. The molecule has 3 aromatic rings. The number of allylic oxidation sites excluding steroid dienone is 1. The first-order valence-electron chi connectivity index (χ1n) is 9.06. The van der Waals surface area contributed by atoms with Crippen molar-refractivity contribution in [2.45, 2.75) is 6.42 Å². The van der Waals surface area contributed by atoms with Crippen molar-refractivity contribution in [1.82, 2.24) is 0 Å². The first-order valence-corrected chi connectivity index (χ1v) is 9.06. The number of ether oxygens (including phenoxy) is 2. The number of carbonyl (C=O) groups is 1. The fraction of sp³-hybridized carbons (Fsp3) is 0.0800. The number of hydrogen-bond donors (Lipinski definition) is 0. The first kappa shape index (κ1) is 19.2. The van der Waals surface area contributed by atoms with Crippen LogP contribution in [0.3, 0.4) is 0 Å². The Balaban J connectivity index is 1.64. The van der Waals surface area contributed by atoms with Gasteiger partial charge in [0.2, 0.25) is 0 Å². The molecule has 0 saturated carbocycles. The Kier molecular flexibility index (Phi) is 6.42. The third-order valence-corrected chi connectivity index (χ3v) is 4.19. The monoisotopic (exact) mass is 370 g/mol. The Morgan fingerprint density at radius 3 is 1.89 bits per heavy atom. The summed E-state index contributed by atoms with van der Waals surface area (Å²) in [5.74, 6) is 0.778. The van der Waals surface area contributed by atoms with E-state index >= 15 is 0 Å². The van der Waals surface area contributed by atoms with Crippen LogP contribution in [0.4, 0.5) is 0 Å². The predicted molar refractivity (Wildman–Crippen MR) is 113 cm³/mol. The molecule has 0 aliphatic rings. The highest BCUT2D eigenvalue weighted by Gasteiger charge is 2.09. The van der Waals surface area contributed by atoms with Crippen LogP contribution >= 0.6 is 0 Å². The highest BCUT2D eigenvalue weighted by molar-refractivity contribution is 5.91. The van der Waals surface area contributed by atoms with Crippen LogP contribution in [0, 0.1) is 0 Å². The molecule has 3 rings (SSSR count). The Labute approximate surface area is 165 Å². The largest absolute Gasteiger partial charge is 0.490 e. The molecule has 0 atom stereocenters. The molecule has 140 valence electrons. The van der Waals surface area contributed by atoms with Crippen molar-refractivity contribution in [3.63, 3.8) is 0 Å². The van der Waals surface area contributed by atoms with E-state index in [2.05, 4.69) is 37.4 Å². The maximum atomic E-state index is 12.3. The first-order chi connectivity index (χ1) is 13.7. The van der Waals surface area contributed by atoms with Gasteiger partial charge in [-0.25, -0.2) is 4.79 Å². The zero-order valence-electron chi connectivity index (χ0n) is 15.6. The van der Waals surface area contributed by atoms with E-state index in [9.17, 15) is 4.79 Å². The summed E-state index contributed by atoms with van der Waals surface area (Å²) < 4.78 is 10.9. The van der Waals surface area contributed by atoms with E-state index in [1.54, 1.807) is 42.5 Å². The van der Waals surface area contributed by atoms with E-state index in [4.69, 9.17) is 9.47 Å².